The van der Waals surface area contributed by atoms with Gasteiger partial charge >= 0.3 is 0 Å². The molecule has 164 valence electrons. The van der Waals surface area contributed by atoms with Crippen molar-refractivity contribution in [3.05, 3.63) is 63.6 Å². The van der Waals surface area contributed by atoms with Crippen LogP contribution in [-0.2, 0) is 23.0 Å². The van der Waals surface area contributed by atoms with E-state index in [4.69, 9.17) is 16.3 Å². The van der Waals surface area contributed by atoms with Crippen LogP contribution in [0.4, 0.5) is 5.13 Å². The van der Waals surface area contributed by atoms with Crippen LogP contribution in [0.3, 0.4) is 0 Å². The number of ether oxygens (including phenoxy) is 1. The van der Waals surface area contributed by atoms with Gasteiger partial charge in [0.2, 0.25) is 15.2 Å². The van der Waals surface area contributed by atoms with Crippen LogP contribution < -0.4 is 14.8 Å². The minimum absolute atomic E-state index is 0.0596. The molecule has 0 bridgehead atoms. The molecule has 2 aromatic carbocycles. The van der Waals surface area contributed by atoms with Crippen molar-refractivity contribution in [2.75, 3.05) is 12.4 Å². The molecule has 1 aromatic heterocycles. The molecule has 3 rings (SSSR count). The molecule has 11 heteroatoms. The Hall–Kier alpha value is -2.53. The molecule has 0 atom stereocenters. The lowest BCUT2D eigenvalue weighted by atomic mass is 10.2. The zero-order valence-corrected chi connectivity index (χ0v) is 19.3. The largest absolute Gasteiger partial charge is 0.495 e. The third kappa shape index (κ3) is 6.01. The predicted octanol–water partition coefficient (Wildman–Crippen LogP) is 3.88. The van der Waals surface area contributed by atoms with E-state index in [-0.39, 0.29) is 22.8 Å². The van der Waals surface area contributed by atoms with Crippen molar-refractivity contribution < 1.29 is 17.9 Å². The van der Waals surface area contributed by atoms with Gasteiger partial charge in [0.1, 0.15) is 15.7 Å². The van der Waals surface area contributed by atoms with Crippen LogP contribution in [-0.4, -0.2) is 31.6 Å². The van der Waals surface area contributed by atoms with Crippen LogP contribution in [0.2, 0.25) is 5.02 Å². The van der Waals surface area contributed by atoms with Crippen molar-refractivity contribution in [1.82, 2.24) is 14.9 Å². The van der Waals surface area contributed by atoms with E-state index < -0.39 is 15.9 Å². The highest BCUT2D eigenvalue weighted by Crippen LogP contribution is 2.26. The van der Waals surface area contributed by atoms with E-state index in [0.717, 1.165) is 23.4 Å². The summed E-state index contributed by atoms with van der Waals surface area (Å²) in [5, 5.41) is 12.4. The molecule has 1 amide bonds. The van der Waals surface area contributed by atoms with Crippen molar-refractivity contribution in [2.24, 2.45) is 0 Å². The Morgan fingerprint density at radius 2 is 1.90 bits per heavy atom. The number of rotatable bonds is 9. The number of carbonyl (C=O) groups is 1. The average molecular weight is 481 g/mol. The second-order valence-electron chi connectivity index (χ2n) is 6.52. The lowest BCUT2D eigenvalue weighted by Gasteiger charge is -2.12. The maximum atomic E-state index is 12.9. The quantitative estimate of drug-likeness (QED) is 0.480. The number of nitrogens with zero attached hydrogens (tertiary/aromatic N) is 2. The second kappa shape index (κ2) is 10.2. The van der Waals surface area contributed by atoms with Crippen molar-refractivity contribution in [3.8, 4) is 5.75 Å². The summed E-state index contributed by atoms with van der Waals surface area (Å²) < 4.78 is 33.5. The summed E-state index contributed by atoms with van der Waals surface area (Å²) in [6, 6.07) is 11.0. The molecule has 0 unspecified atom stereocenters. The number of carbonyl (C=O) groups excluding carboxylic acids is 1. The molecule has 0 aliphatic rings. The lowest BCUT2D eigenvalue weighted by Crippen LogP contribution is -2.24. The molecule has 0 saturated heterocycles. The zero-order chi connectivity index (χ0) is 22.4. The molecule has 31 heavy (non-hydrogen) atoms. The Balaban J connectivity index is 1.79. The van der Waals surface area contributed by atoms with Crippen LogP contribution in [0.25, 0.3) is 0 Å². The summed E-state index contributed by atoms with van der Waals surface area (Å²) in [6.45, 7) is 2.09. The van der Waals surface area contributed by atoms with E-state index in [1.54, 1.807) is 24.3 Å². The fraction of sp³-hybridized carbons (Fsp3) is 0.250. The van der Waals surface area contributed by atoms with Crippen molar-refractivity contribution in [2.45, 2.75) is 31.2 Å². The summed E-state index contributed by atoms with van der Waals surface area (Å²) in [7, 11) is -2.59. The Morgan fingerprint density at radius 3 is 2.58 bits per heavy atom. The van der Waals surface area contributed by atoms with Gasteiger partial charge in [0.05, 0.1) is 7.11 Å². The summed E-state index contributed by atoms with van der Waals surface area (Å²) in [5.41, 5.74) is 0.889. The van der Waals surface area contributed by atoms with E-state index in [1.165, 1.54) is 36.6 Å². The smallest absolute Gasteiger partial charge is 0.257 e. The van der Waals surface area contributed by atoms with Gasteiger partial charge in [0.25, 0.3) is 5.91 Å². The van der Waals surface area contributed by atoms with E-state index in [1.807, 2.05) is 6.92 Å². The fourth-order valence-corrected chi connectivity index (χ4v) is 4.85. The molecule has 0 spiro atoms. The number of hydrogen-bond acceptors (Lipinski definition) is 7. The van der Waals surface area contributed by atoms with Gasteiger partial charge in [-0.15, -0.1) is 10.2 Å². The zero-order valence-electron chi connectivity index (χ0n) is 16.9. The first kappa shape index (κ1) is 23.1. The number of nitrogens with one attached hydrogen (secondary N) is 2. The Labute approximate surface area is 189 Å². The number of halogens is 1. The maximum Gasteiger partial charge on any atom is 0.257 e. The first-order chi connectivity index (χ1) is 14.8. The second-order valence-corrected chi connectivity index (χ2v) is 9.76. The molecule has 0 aliphatic carbocycles. The highest BCUT2D eigenvalue weighted by molar-refractivity contribution is 7.89. The van der Waals surface area contributed by atoms with Crippen molar-refractivity contribution >= 4 is 44.0 Å². The summed E-state index contributed by atoms with van der Waals surface area (Å²) in [4.78, 5) is 12.5. The molecule has 0 radical (unpaired) electrons. The third-order valence-electron chi connectivity index (χ3n) is 4.25. The summed E-state index contributed by atoms with van der Waals surface area (Å²) in [6.07, 6.45) is 1.70. The van der Waals surface area contributed by atoms with Crippen LogP contribution in [0.15, 0.2) is 47.4 Å². The number of sulfonamides is 1. The maximum absolute atomic E-state index is 12.9. The van der Waals surface area contributed by atoms with E-state index in [0.29, 0.717) is 10.2 Å². The van der Waals surface area contributed by atoms with Gasteiger partial charge in [-0.3, -0.25) is 10.1 Å². The number of methoxy groups -OCH3 is 1. The van der Waals surface area contributed by atoms with Gasteiger partial charge in [0.15, 0.2) is 0 Å². The van der Waals surface area contributed by atoms with Gasteiger partial charge in [-0.2, -0.15) is 0 Å². The lowest BCUT2D eigenvalue weighted by molar-refractivity contribution is 0.102. The van der Waals surface area contributed by atoms with E-state index in [2.05, 4.69) is 20.2 Å². The average Bonchev–Trinajstić information content (AvgIpc) is 3.20. The fourth-order valence-electron chi connectivity index (χ4n) is 2.67. The highest BCUT2D eigenvalue weighted by atomic mass is 35.5. The van der Waals surface area contributed by atoms with Gasteiger partial charge in [0, 0.05) is 23.6 Å². The standard InChI is InChI=1S/C20H21ClN4O4S2/c1-3-4-18-24-25-20(30-18)23-19(26)14-7-10-16(29-2)17(11-14)31(27,28)22-12-13-5-8-15(21)9-6-13/h5-11,22H,3-4,12H2,1-2H3,(H,23,25,26). The molecule has 1 heterocycles. The van der Waals surface area contributed by atoms with Crippen LogP contribution in [0.1, 0.15) is 34.3 Å². The minimum Gasteiger partial charge on any atom is -0.495 e. The van der Waals surface area contributed by atoms with E-state index in [9.17, 15) is 13.2 Å². The van der Waals surface area contributed by atoms with Gasteiger partial charge in [-0.05, 0) is 42.3 Å². The Bertz CT molecular complexity index is 1160. The summed E-state index contributed by atoms with van der Waals surface area (Å²) >= 11 is 7.14. The Kier molecular flexibility index (Phi) is 7.60. The van der Waals surface area contributed by atoms with Crippen LogP contribution in [0.5, 0.6) is 5.75 Å². The van der Waals surface area contributed by atoms with Crippen molar-refractivity contribution in [1.29, 1.82) is 0 Å². The first-order valence-corrected chi connectivity index (χ1v) is 12.1. The number of aryl methyl sites for hydroxylation is 1. The molecular weight excluding hydrogens is 460 g/mol. The van der Waals surface area contributed by atoms with Gasteiger partial charge < -0.3 is 4.74 Å². The first-order valence-electron chi connectivity index (χ1n) is 9.38. The molecule has 3 aromatic rings. The number of hydrogen-bond donors (Lipinski definition) is 2. The molecule has 0 saturated carbocycles. The number of amides is 1. The molecule has 2 N–H and O–H groups in total. The number of anilines is 1. The van der Waals surface area contributed by atoms with E-state index >= 15 is 0 Å². The monoisotopic (exact) mass is 480 g/mol. The number of aromatic nitrogens is 2. The topological polar surface area (TPSA) is 110 Å². The molecule has 0 aliphatic heterocycles. The normalized spacial score (nSPS) is 11.3. The summed E-state index contributed by atoms with van der Waals surface area (Å²) in [5.74, 6) is -0.364. The third-order valence-corrected chi connectivity index (χ3v) is 6.82. The van der Waals surface area contributed by atoms with Crippen molar-refractivity contribution in [3.63, 3.8) is 0 Å². The van der Waals surface area contributed by atoms with Gasteiger partial charge in [-0.1, -0.05) is 42.0 Å². The molecule has 0 fully saturated rings. The number of benzene rings is 2. The van der Waals surface area contributed by atoms with Crippen LogP contribution >= 0.6 is 22.9 Å². The SMILES string of the molecule is CCCc1nnc(NC(=O)c2ccc(OC)c(S(=O)(=O)NCc3ccc(Cl)cc3)c2)s1. The highest BCUT2D eigenvalue weighted by Gasteiger charge is 2.22. The predicted molar refractivity (Wildman–Crippen MR) is 120 cm³/mol. The molecule has 8 nitrogen and oxygen atoms in total. The van der Waals surface area contributed by atoms with Gasteiger partial charge in [-0.25, -0.2) is 13.1 Å². The molecular formula is C20H21ClN4O4S2. The Morgan fingerprint density at radius 1 is 1.16 bits per heavy atom. The minimum atomic E-state index is -3.96. The van der Waals surface area contributed by atoms with Crippen LogP contribution in [0, 0.1) is 0 Å².